The second-order valence-corrected chi connectivity index (χ2v) is 6.17. The smallest absolute Gasteiger partial charge is 0.0469 e. The van der Waals surface area contributed by atoms with Gasteiger partial charge in [-0.3, -0.25) is 4.90 Å². The van der Waals surface area contributed by atoms with Gasteiger partial charge in [-0.05, 0) is 43.4 Å². The minimum atomic E-state index is 0.637. The molecule has 20 heavy (non-hydrogen) atoms. The summed E-state index contributed by atoms with van der Waals surface area (Å²) in [5, 5.41) is 3.37. The first-order chi connectivity index (χ1) is 9.86. The highest BCUT2D eigenvalue weighted by molar-refractivity contribution is 5.30. The lowest BCUT2D eigenvalue weighted by Gasteiger charge is -2.39. The molecule has 0 spiro atoms. The van der Waals surface area contributed by atoms with Gasteiger partial charge in [0.2, 0.25) is 0 Å². The van der Waals surface area contributed by atoms with Crippen LogP contribution in [-0.4, -0.2) is 44.3 Å². The van der Waals surface area contributed by atoms with Crippen molar-refractivity contribution in [3.8, 4) is 0 Å². The molecule has 0 saturated carbocycles. The molecule has 3 rings (SSSR count). The van der Waals surface area contributed by atoms with Gasteiger partial charge in [0, 0.05) is 38.9 Å². The molecule has 2 heterocycles. The molecule has 1 saturated heterocycles. The molecule has 3 nitrogen and oxygen atoms in total. The standard InChI is InChI=1S/C17H26N2O/c1-18-11-17-10-15-4-2-3-5-16(15)13-19(17)12-14-6-8-20-9-7-14/h2-5,14,17-18H,6-13H2,1H3. The number of hydrogen-bond acceptors (Lipinski definition) is 3. The molecule has 0 aromatic heterocycles. The molecule has 1 N–H and O–H groups in total. The molecule has 110 valence electrons. The summed E-state index contributed by atoms with van der Waals surface area (Å²) in [7, 11) is 2.06. The summed E-state index contributed by atoms with van der Waals surface area (Å²) in [6.45, 7) is 5.32. The van der Waals surface area contributed by atoms with E-state index in [-0.39, 0.29) is 0 Å². The van der Waals surface area contributed by atoms with Gasteiger partial charge in [0.05, 0.1) is 0 Å². The third-order valence-corrected chi connectivity index (χ3v) is 4.74. The van der Waals surface area contributed by atoms with Crippen molar-refractivity contribution in [1.82, 2.24) is 10.2 Å². The quantitative estimate of drug-likeness (QED) is 0.909. The van der Waals surface area contributed by atoms with Crippen LogP contribution in [0, 0.1) is 5.92 Å². The molecule has 1 unspecified atom stereocenters. The lowest BCUT2D eigenvalue weighted by molar-refractivity contribution is 0.0413. The second kappa shape index (κ2) is 6.70. The van der Waals surface area contributed by atoms with E-state index in [1.165, 1.54) is 36.9 Å². The second-order valence-electron chi connectivity index (χ2n) is 6.17. The number of hydrogen-bond donors (Lipinski definition) is 1. The summed E-state index contributed by atoms with van der Waals surface area (Å²) in [4.78, 5) is 2.69. The Labute approximate surface area is 122 Å². The molecule has 1 atom stereocenters. The summed E-state index contributed by atoms with van der Waals surface area (Å²) in [5.41, 5.74) is 3.06. The molecule has 0 aliphatic carbocycles. The lowest BCUT2D eigenvalue weighted by Crippen LogP contribution is -2.48. The van der Waals surface area contributed by atoms with Crippen LogP contribution in [0.15, 0.2) is 24.3 Å². The largest absolute Gasteiger partial charge is 0.381 e. The van der Waals surface area contributed by atoms with Crippen molar-refractivity contribution < 1.29 is 4.74 Å². The lowest BCUT2D eigenvalue weighted by atomic mass is 9.91. The molecule has 3 heteroatoms. The fourth-order valence-corrected chi connectivity index (χ4v) is 3.55. The van der Waals surface area contributed by atoms with Gasteiger partial charge in [-0.1, -0.05) is 24.3 Å². The highest BCUT2D eigenvalue weighted by Gasteiger charge is 2.27. The van der Waals surface area contributed by atoms with Gasteiger partial charge in [0.15, 0.2) is 0 Å². The van der Waals surface area contributed by atoms with Crippen LogP contribution < -0.4 is 5.32 Å². The topological polar surface area (TPSA) is 24.5 Å². The first-order valence-electron chi connectivity index (χ1n) is 7.90. The third-order valence-electron chi connectivity index (χ3n) is 4.74. The van der Waals surface area contributed by atoms with E-state index >= 15 is 0 Å². The number of benzene rings is 1. The van der Waals surface area contributed by atoms with Crippen molar-refractivity contribution in [2.75, 3.05) is 33.4 Å². The summed E-state index contributed by atoms with van der Waals surface area (Å²) in [6.07, 6.45) is 3.63. The van der Waals surface area contributed by atoms with Crippen LogP contribution in [0.4, 0.5) is 0 Å². The van der Waals surface area contributed by atoms with Gasteiger partial charge in [0.1, 0.15) is 0 Å². The van der Waals surface area contributed by atoms with E-state index in [9.17, 15) is 0 Å². The number of nitrogens with zero attached hydrogens (tertiary/aromatic N) is 1. The maximum absolute atomic E-state index is 5.49. The normalized spacial score (nSPS) is 24.6. The van der Waals surface area contributed by atoms with Crippen molar-refractivity contribution in [2.45, 2.75) is 31.8 Å². The van der Waals surface area contributed by atoms with Gasteiger partial charge < -0.3 is 10.1 Å². The first kappa shape index (κ1) is 14.1. The van der Waals surface area contributed by atoms with E-state index in [4.69, 9.17) is 4.74 Å². The Morgan fingerprint density at radius 3 is 2.70 bits per heavy atom. The molecule has 1 aromatic rings. The Bertz CT molecular complexity index is 429. The summed E-state index contributed by atoms with van der Waals surface area (Å²) in [5.74, 6) is 0.813. The fourth-order valence-electron chi connectivity index (χ4n) is 3.55. The van der Waals surface area contributed by atoms with Crippen molar-refractivity contribution in [1.29, 1.82) is 0 Å². The summed E-state index contributed by atoms with van der Waals surface area (Å²) in [6, 6.07) is 9.57. The Morgan fingerprint density at radius 2 is 1.95 bits per heavy atom. The Kier molecular flexibility index (Phi) is 4.71. The molecule has 0 radical (unpaired) electrons. The molecule has 1 aromatic carbocycles. The minimum Gasteiger partial charge on any atom is -0.381 e. The van der Waals surface area contributed by atoms with Gasteiger partial charge in [0.25, 0.3) is 0 Å². The SMILES string of the molecule is CNCC1Cc2ccccc2CN1CC1CCOCC1. The van der Waals surface area contributed by atoms with Gasteiger partial charge in [-0.25, -0.2) is 0 Å². The maximum atomic E-state index is 5.49. The fraction of sp³-hybridized carbons (Fsp3) is 0.647. The zero-order valence-electron chi connectivity index (χ0n) is 12.5. The van der Waals surface area contributed by atoms with E-state index in [1.54, 1.807) is 0 Å². The van der Waals surface area contributed by atoms with Crippen molar-refractivity contribution >= 4 is 0 Å². The molecule has 1 fully saturated rings. The van der Waals surface area contributed by atoms with Crippen molar-refractivity contribution in [3.63, 3.8) is 0 Å². The summed E-state index contributed by atoms with van der Waals surface area (Å²) < 4.78 is 5.49. The molecule has 2 aliphatic heterocycles. The van der Waals surface area contributed by atoms with Crippen LogP contribution in [-0.2, 0) is 17.7 Å². The van der Waals surface area contributed by atoms with Crippen LogP contribution in [0.5, 0.6) is 0 Å². The monoisotopic (exact) mass is 274 g/mol. The first-order valence-corrected chi connectivity index (χ1v) is 7.90. The number of likely N-dealkylation sites (N-methyl/N-ethyl adjacent to an activating group) is 1. The van der Waals surface area contributed by atoms with Crippen LogP contribution >= 0.6 is 0 Å². The predicted octanol–water partition coefficient (Wildman–Crippen LogP) is 2.06. The molecular formula is C17H26N2O. The highest BCUT2D eigenvalue weighted by Crippen LogP contribution is 2.26. The van der Waals surface area contributed by atoms with Crippen molar-refractivity contribution in [3.05, 3.63) is 35.4 Å². The Hall–Kier alpha value is -0.900. The minimum absolute atomic E-state index is 0.637. The zero-order chi connectivity index (χ0) is 13.8. The Balaban J connectivity index is 1.70. The van der Waals surface area contributed by atoms with Crippen LogP contribution in [0.25, 0.3) is 0 Å². The molecular weight excluding hydrogens is 248 g/mol. The number of ether oxygens (including phenoxy) is 1. The Morgan fingerprint density at radius 1 is 1.20 bits per heavy atom. The van der Waals surface area contributed by atoms with E-state index in [2.05, 4.69) is 41.5 Å². The number of rotatable bonds is 4. The van der Waals surface area contributed by atoms with E-state index in [1.807, 2.05) is 0 Å². The molecule has 0 bridgehead atoms. The summed E-state index contributed by atoms with van der Waals surface area (Å²) >= 11 is 0. The van der Waals surface area contributed by atoms with Crippen LogP contribution in [0.1, 0.15) is 24.0 Å². The zero-order valence-corrected chi connectivity index (χ0v) is 12.5. The molecule has 0 amide bonds. The third kappa shape index (κ3) is 3.22. The van der Waals surface area contributed by atoms with Gasteiger partial charge in [-0.15, -0.1) is 0 Å². The van der Waals surface area contributed by atoms with Crippen LogP contribution in [0.3, 0.4) is 0 Å². The predicted molar refractivity (Wildman–Crippen MR) is 81.8 cm³/mol. The average Bonchev–Trinajstić information content (AvgIpc) is 2.49. The number of fused-ring (bicyclic) bond motifs is 1. The maximum Gasteiger partial charge on any atom is 0.0469 e. The van der Waals surface area contributed by atoms with E-state index in [0.717, 1.165) is 32.2 Å². The van der Waals surface area contributed by atoms with Gasteiger partial charge >= 0.3 is 0 Å². The van der Waals surface area contributed by atoms with E-state index < -0.39 is 0 Å². The van der Waals surface area contributed by atoms with E-state index in [0.29, 0.717) is 6.04 Å². The highest BCUT2D eigenvalue weighted by atomic mass is 16.5. The average molecular weight is 274 g/mol. The van der Waals surface area contributed by atoms with Crippen LogP contribution in [0.2, 0.25) is 0 Å². The van der Waals surface area contributed by atoms with Gasteiger partial charge in [-0.2, -0.15) is 0 Å². The molecule has 2 aliphatic rings. The number of nitrogens with one attached hydrogen (secondary N) is 1. The van der Waals surface area contributed by atoms with Crippen molar-refractivity contribution in [2.24, 2.45) is 5.92 Å².